The van der Waals surface area contributed by atoms with Crippen molar-refractivity contribution in [2.75, 3.05) is 5.75 Å². The fourth-order valence-corrected chi connectivity index (χ4v) is 2.70. The summed E-state index contributed by atoms with van der Waals surface area (Å²) in [5.41, 5.74) is -0.908. The van der Waals surface area contributed by atoms with Crippen molar-refractivity contribution >= 4 is 29.5 Å². The number of nitro groups is 1. The van der Waals surface area contributed by atoms with Crippen LogP contribution in [0.15, 0.2) is 18.2 Å². The predicted octanol–water partition coefficient (Wildman–Crippen LogP) is 2.95. The lowest BCUT2D eigenvalue weighted by Crippen LogP contribution is -2.44. The van der Waals surface area contributed by atoms with Gasteiger partial charge >= 0.3 is 17.7 Å². The number of nitrogens with zero attached hydrogens (tertiary/aromatic N) is 1. The summed E-state index contributed by atoms with van der Waals surface area (Å²) >= 11 is 1.14. The summed E-state index contributed by atoms with van der Waals surface area (Å²) in [6.45, 7) is 4.96. The van der Waals surface area contributed by atoms with Crippen molar-refractivity contribution in [1.29, 1.82) is 0 Å². The number of ether oxygens (including phenoxy) is 1. The van der Waals surface area contributed by atoms with Gasteiger partial charge in [0.15, 0.2) is 0 Å². The maximum absolute atomic E-state index is 13.5. The summed E-state index contributed by atoms with van der Waals surface area (Å²) in [5.74, 6) is -1.93. The first-order chi connectivity index (χ1) is 11.5. The number of hydrogen-bond donors (Lipinski definition) is 2. The van der Waals surface area contributed by atoms with Gasteiger partial charge in [0.25, 0.3) is 0 Å². The number of carboxylic acid groups (broad SMARTS) is 1. The highest BCUT2D eigenvalue weighted by atomic mass is 32.2. The summed E-state index contributed by atoms with van der Waals surface area (Å²) in [7, 11) is 0. The Morgan fingerprint density at radius 2 is 2.08 bits per heavy atom. The normalized spacial score (nSPS) is 12.3. The number of aliphatic carboxylic acids is 1. The van der Waals surface area contributed by atoms with Crippen molar-refractivity contribution in [3.63, 3.8) is 0 Å². The van der Waals surface area contributed by atoms with Gasteiger partial charge in [0.1, 0.15) is 11.6 Å². The third-order valence-corrected chi connectivity index (χ3v) is 3.86. The van der Waals surface area contributed by atoms with Crippen LogP contribution in [0.4, 0.5) is 14.9 Å². The average Bonchev–Trinajstić information content (AvgIpc) is 2.43. The van der Waals surface area contributed by atoms with Crippen LogP contribution >= 0.6 is 11.8 Å². The highest BCUT2D eigenvalue weighted by Crippen LogP contribution is 2.21. The fraction of sp³-hybridized carbons (Fsp3) is 0.467. The minimum Gasteiger partial charge on any atom is -0.480 e. The average molecular weight is 374 g/mol. The van der Waals surface area contributed by atoms with Gasteiger partial charge < -0.3 is 15.2 Å². The van der Waals surface area contributed by atoms with Crippen LogP contribution in [0.1, 0.15) is 26.3 Å². The van der Waals surface area contributed by atoms with Gasteiger partial charge in [-0.3, -0.25) is 10.1 Å². The van der Waals surface area contributed by atoms with Crippen LogP contribution in [0.2, 0.25) is 0 Å². The Kier molecular flexibility index (Phi) is 7.16. The SMILES string of the molecule is CC(C)(C)OC(=O)NC(CSCc1ccc([N+](=O)[O-])c(F)c1)C(=O)O. The Morgan fingerprint density at radius 1 is 1.44 bits per heavy atom. The fourth-order valence-electron chi connectivity index (χ4n) is 1.71. The molecule has 1 aromatic carbocycles. The summed E-state index contributed by atoms with van der Waals surface area (Å²) in [4.78, 5) is 32.6. The highest BCUT2D eigenvalue weighted by molar-refractivity contribution is 7.98. The summed E-state index contributed by atoms with van der Waals surface area (Å²) in [5, 5.41) is 21.9. The van der Waals surface area contributed by atoms with E-state index < -0.39 is 40.1 Å². The van der Waals surface area contributed by atoms with Crippen LogP contribution in [-0.2, 0) is 15.3 Å². The zero-order chi connectivity index (χ0) is 19.2. The molecule has 0 radical (unpaired) electrons. The second kappa shape index (κ2) is 8.65. The van der Waals surface area contributed by atoms with E-state index in [0.717, 1.165) is 23.9 Å². The molecule has 0 spiro atoms. The zero-order valence-corrected chi connectivity index (χ0v) is 14.8. The van der Waals surface area contributed by atoms with Gasteiger partial charge in [-0.25, -0.2) is 9.59 Å². The Labute approximate surface area is 147 Å². The molecule has 0 aliphatic heterocycles. The first-order valence-electron chi connectivity index (χ1n) is 7.22. The molecular weight excluding hydrogens is 355 g/mol. The molecule has 1 atom stereocenters. The number of halogens is 1. The Hall–Kier alpha value is -2.36. The zero-order valence-electron chi connectivity index (χ0n) is 13.9. The van der Waals surface area contributed by atoms with Crippen molar-refractivity contribution in [2.24, 2.45) is 0 Å². The Morgan fingerprint density at radius 3 is 2.56 bits per heavy atom. The molecule has 25 heavy (non-hydrogen) atoms. The minimum absolute atomic E-state index is 0.0210. The molecule has 0 saturated carbocycles. The molecule has 0 bridgehead atoms. The summed E-state index contributed by atoms with van der Waals surface area (Å²) < 4.78 is 18.5. The maximum atomic E-state index is 13.5. The number of benzene rings is 1. The monoisotopic (exact) mass is 374 g/mol. The molecule has 0 fully saturated rings. The molecule has 138 valence electrons. The van der Waals surface area contributed by atoms with Gasteiger partial charge in [-0.1, -0.05) is 6.07 Å². The number of rotatable bonds is 7. The van der Waals surface area contributed by atoms with E-state index >= 15 is 0 Å². The van der Waals surface area contributed by atoms with Crippen LogP contribution in [0, 0.1) is 15.9 Å². The molecular formula is C15H19FN2O6S. The molecule has 0 aliphatic carbocycles. The van der Waals surface area contributed by atoms with E-state index in [9.17, 15) is 24.1 Å². The summed E-state index contributed by atoms with van der Waals surface area (Å²) in [6, 6.07) is 2.30. The van der Waals surface area contributed by atoms with Crippen LogP contribution in [-0.4, -0.2) is 39.5 Å². The number of carbonyl (C=O) groups excluding carboxylic acids is 1. The largest absolute Gasteiger partial charge is 0.480 e. The number of nitro benzene ring substituents is 1. The van der Waals surface area contributed by atoms with E-state index in [-0.39, 0.29) is 11.5 Å². The first kappa shape index (κ1) is 20.7. The highest BCUT2D eigenvalue weighted by Gasteiger charge is 2.24. The van der Waals surface area contributed by atoms with Crippen molar-refractivity contribution in [3.05, 3.63) is 39.7 Å². The van der Waals surface area contributed by atoms with Crippen molar-refractivity contribution in [1.82, 2.24) is 5.32 Å². The van der Waals surface area contributed by atoms with E-state index in [0.29, 0.717) is 5.56 Å². The molecule has 8 nitrogen and oxygen atoms in total. The molecule has 2 N–H and O–H groups in total. The Bertz CT molecular complexity index is 662. The quantitative estimate of drug-likeness (QED) is 0.556. The van der Waals surface area contributed by atoms with Gasteiger partial charge in [-0.05, 0) is 32.4 Å². The van der Waals surface area contributed by atoms with E-state index in [1.165, 1.54) is 6.07 Å². The number of alkyl carbamates (subject to hydrolysis) is 1. The molecule has 1 unspecified atom stereocenters. The minimum atomic E-state index is -1.23. The number of amides is 1. The first-order valence-corrected chi connectivity index (χ1v) is 8.38. The molecule has 0 saturated heterocycles. The summed E-state index contributed by atoms with van der Waals surface area (Å²) in [6.07, 6.45) is -0.845. The standard InChI is InChI=1S/C15H19FN2O6S/c1-15(2,3)24-14(21)17-11(13(19)20)8-25-7-9-4-5-12(18(22)23)10(16)6-9/h4-6,11H,7-8H2,1-3H3,(H,17,21)(H,19,20). The van der Waals surface area contributed by atoms with E-state index in [2.05, 4.69) is 5.32 Å². The van der Waals surface area contributed by atoms with Crippen LogP contribution in [0.25, 0.3) is 0 Å². The number of carbonyl (C=O) groups is 2. The molecule has 0 aromatic heterocycles. The smallest absolute Gasteiger partial charge is 0.408 e. The third kappa shape index (κ3) is 7.38. The molecule has 1 rings (SSSR count). The van der Waals surface area contributed by atoms with Crippen LogP contribution in [0.3, 0.4) is 0 Å². The molecule has 0 heterocycles. The van der Waals surface area contributed by atoms with Crippen LogP contribution < -0.4 is 5.32 Å². The lowest BCUT2D eigenvalue weighted by molar-refractivity contribution is -0.387. The van der Waals surface area contributed by atoms with Crippen molar-refractivity contribution < 1.29 is 28.7 Å². The number of hydrogen-bond acceptors (Lipinski definition) is 6. The van der Waals surface area contributed by atoms with Crippen LogP contribution in [0.5, 0.6) is 0 Å². The number of carboxylic acids is 1. The van der Waals surface area contributed by atoms with Gasteiger partial charge in [-0.2, -0.15) is 16.2 Å². The van der Waals surface area contributed by atoms with Gasteiger partial charge in [0.05, 0.1) is 4.92 Å². The number of thioether (sulfide) groups is 1. The second-order valence-corrected chi connectivity index (χ2v) is 7.13. The van der Waals surface area contributed by atoms with Crippen molar-refractivity contribution in [3.8, 4) is 0 Å². The van der Waals surface area contributed by atoms with E-state index in [4.69, 9.17) is 9.84 Å². The maximum Gasteiger partial charge on any atom is 0.408 e. The lowest BCUT2D eigenvalue weighted by atomic mass is 10.2. The molecule has 1 amide bonds. The van der Waals surface area contributed by atoms with Gasteiger partial charge in [0.2, 0.25) is 5.82 Å². The molecule has 0 aliphatic rings. The molecule has 1 aromatic rings. The second-order valence-electron chi connectivity index (χ2n) is 6.10. The Balaban J connectivity index is 2.58. The van der Waals surface area contributed by atoms with Crippen molar-refractivity contribution in [2.45, 2.75) is 38.2 Å². The third-order valence-electron chi connectivity index (χ3n) is 2.75. The van der Waals surface area contributed by atoms with E-state index in [1.54, 1.807) is 20.8 Å². The number of nitrogens with one attached hydrogen (secondary N) is 1. The topological polar surface area (TPSA) is 119 Å². The van der Waals surface area contributed by atoms with E-state index in [1.807, 2.05) is 0 Å². The lowest BCUT2D eigenvalue weighted by Gasteiger charge is -2.21. The van der Waals surface area contributed by atoms with Gasteiger partial charge in [-0.15, -0.1) is 0 Å². The van der Waals surface area contributed by atoms with Gasteiger partial charge in [0, 0.05) is 17.6 Å². The molecule has 10 heteroatoms. The predicted molar refractivity (Wildman–Crippen MR) is 90.0 cm³/mol.